The van der Waals surface area contributed by atoms with Crippen molar-refractivity contribution in [3.63, 3.8) is 0 Å². The maximum absolute atomic E-state index is 12.2. The van der Waals surface area contributed by atoms with Gasteiger partial charge in [0.25, 0.3) is 5.91 Å². The molecule has 0 spiro atoms. The van der Waals surface area contributed by atoms with Crippen LogP contribution in [0.3, 0.4) is 0 Å². The highest BCUT2D eigenvalue weighted by Gasteiger charge is 2.17. The lowest BCUT2D eigenvalue weighted by atomic mass is 10.2. The van der Waals surface area contributed by atoms with E-state index >= 15 is 0 Å². The smallest absolute Gasteiger partial charge is 0.265 e. The fourth-order valence-corrected chi connectivity index (χ4v) is 2.43. The molecule has 0 N–H and O–H groups in total. The zero-order chi connectivity index (χ0) is 12.8. The first-order valence-electron chi connectivity index (χ1n) is 6.49. The Kier molecular flexibility index (Phi) is 4.82. The van der Waals surface area contributed by atoms with Gasteiger partial charge in [-0.25, -0.2) is 0 Å². The van der Waals surface area contributed by atoms with Gasteiger partial charge in [-0.05, 0) is 24.5 Å². The average molecular weight is 264 g/mol. The van der Waals surface area contributed by atoms with E-state index in [2.05, 4.69) is 0 Å². The summed E-state index contributed by atoms with van der Waals surface area (Å²) in [6, 6.07) is 9.71. The van der Waals surface area contributed by atoms with Gasteiger partial charge in [0.05, 0.1) is 0 Å². The molecule has 3 heteroatoms. The van der Waals surface area contributed by atoms with E-state index in [1.165, 1.54) is 12.8 Å². The van der Waals surface area contributed by atoms with Crippen molar-refractivity contribution in [2.75, 3.05) is 13.1 Å². The topological polar surface area (TPSA) is 20.3 Å². The summed E-state index contributed by atoms with van der Waals surface area (Å²) < 4.78 is 0. The summed E-state index contributed by atoms with van der Waals surface area (Å²) in [5.41, 5.74) is 0.964. The van der Waals surface area contributed by atoms with Gasteiger partial charge in [-0.1, -0.05) is 54.8 Å². The van der Waals surface area contributed by atoms with E-state index in [4.69, 9.17) is 11.6 Å². The molecule has 1 aliphatic heterocycles. The number of carbonyl (C=O) groups excluding carboxylic acids is 1. The molecule has 18 heavy (non-hydrogen) atoms. The highest BCUT2D eigenvalue weighted by molar-refractivity contribution is 6.44. The molecule has 1 saturated heterocycles. The molecule has 1 aliphatic rings. The van der Waals surface area contributed by atoms with Crippen LogP contribution in [0.4, 0.5) is 0 Å². The second kappa shape index (κ2) is 6.60. The van der Waals surface area contributed by atoms with Crippen LogP contribution in [0.1, 0.15) is 31.2 Å². The molecule has 0 aliphatic carbocycles. The third-order valence-electron chi connectivity index (χ3n) is 3.19. The highest BCUT2D eigenvalue weighted by Crippen LogP contribution is 2.16. The van der Waals surface area contributed by atoms with Crippen LogP contribution in [-0.4, -0.2) is 23.9 Å². The first kappa shape index (κ1) is 13.2. The molecule has 0 aromatic heterocycles. The molecular weight excluding hydrogens is 246 g/mol. The Morgan fingerprint density at radius 2 is 1.67 bits per heavy atom. The van der Waals surface area contributed by atoms with Gasteiger partial charge in [0.1, 0.15) is 5.03 Å². The fourth-order valence-electron chi connectivity index (χ4n) is 2.18. The van der Waals surface area contributed by atoms with Crippen LogP contribution in [-0.2, 0) is 4.79 Å². The minimum absolute atomic E-state index is 0.0394. The maximum Gasteiger partial charge on any atom is 0.265 e. The Labute approximate surface area is 113 Å². The molecule has 0 unspecified atom stereocenters. The average Bonchev–Trinajstić information content (AvgIpc) is 2.68. The zero-order valence-electron chi connectivity index (χ0n) is 10.4. The second-order valence-electron chi connectivity index (χ2n) is 4.61. The van der Waals surface area contributed by atoms with Gasteiger partial charge < -0.3 is 4.90 Å². The molecule has 1 heterocycles. The van der Waals surface area contributed by atoms with Gasteiger partial charge in [0.15, 0.2) is 0 Å². The minimum Gasteiger partial charge on any atom is -0.338 e. The minimum atomic E-state index is -0.0394. The van der Waals surface area contributed by atoms with Crippen LogP contribution in [0.15, 0.2) is 35.4 Å². The second-order valence-corrected chi connectivity index (χ2v) is 5.02. The molecule has 0 saturated carbocycles. The molecule has 0 atom stereocenters. The van der Waals surface area contributed by atoms with Crippen molar-refractivity contribution in [3.05, 3.63) is 40.9 Å². The normalized spacial score (nSPS) is 17.4. The third kappa shape index (κ3) is 3.61. The number of benzene rings is 1. The molecule has 1 fully saturated rings. The quantitative estimate of drug-likeness (QED) is 0.746. The summed E-state index contributed by atoms with van der Waals surface area (Å²) in [7, 11) is 0. The van der Waals surface area contributed by atoms with Gasteiger partial charge in [0, 0.05) is 13.1 Å². The molecule has 1 aromatic carbocycles. The summed E-state index contributed by atoms with van der Waals surface area (Å²) in [6.45, 7) is 1.66. The largest absolute Gasteiger partial charge is 0.338 e. The molecule has 1 amide bonds. The van der Waals surface area contributed by atoms with Crippen LogP contribution in [0, 0.1) is 0 Å². The molecule has 0 bridgehead atoms. The first-order valence-corrected chi connectivity index (χ1v) is 6.87. The van der Waals surface area contributed by atoms with Crippen LogP contribution < -0.4 is 0 Å². The van der Waals surface area contributed by atoms with E-state index in [9.17, 15) is 4.79 Å². The van der Waals surface area contributed by atoms with Crippen molar-refractivity contribution in [1.82, 2.24) is 4.90 Å². The highest BCUT2D eigenvalue weighted by atomic mass is 35.5. The lowest BCUT2D eigenvalue weighted by molar-refractivity contribution is -0.126. The van der Waals surface area contributed by atoms with Crippen molar-refractivity contribution in [2.24, 2.45) is 0 Å². The van der Waals surface area contributed by atoms with E-state index in [-0.39, 0.29) is 5.91 Å². The molecule has 0 radical (unpaired) electrons. The lowest BCUT2D eigenvalue weighted by Crippen LogP contribution is -2.31. The van der Waals surface area contributed by atoms with Crippen molar-refractivity contribution in [3.8, 4) is 0 Å². The Bertz CT molecular complexity index is 419. The predicted molar refractivity (Wildman–Crippen MR) is 75.3 cm³/mol. The Hall–Kier alpha value is -1.28. The summed E-state index contributed by atoms with van der Waals surface area (Å²) in [6.07, 6.45) is 6.34. The van der Waals surface area contributed by atoms with E-state index in [1.807, 2.05) is 35.2 Å². The van der Waals surface area contributed by atoms with Crippen molar-refractivity contribution >= 4 is 23.6 Å². The Balaban J connectivity index is 2.05. The van der Waals surface area contributed by atoms with Gasteiger partial charge in [-0.3, -0.25) is 4.79 Å². The van der Waals surface area contributed by atoms with E-state index < -0.39 is 0 Å². The molecule has 2 nitrogen and oxygen atoms in total. The summed E-state index contributed by atoms with van der Waals surface area (Å²) in [5.74, 6) is -0.0394. The number of hydrogen-bond donors (Lipinski definition) is 0. The number of amides is 1. The fraction of sp³-hybridized carbons (Fsp3) is 0.400. The van der Waals surface area contributed by atoms with E-state index in [0.717, 1.165) is 31.5 Å². The lowest BCUT2D eigenvalue weighted by Gasteiger charge is -2.19. The number of hydrogen-bond acceptors (Lipinski definition) is 1. The maximum atomic E-state index is 12.2. The molecule has 96 valence electrons. The van der Waals surface area contributed by atoms with Crippen molar-refractivity contribution < 1.29 is 4.79 Å². The number of likely N-dealkylation sites (tertiary alicyclic amines) is 1. The molecule has 1 aromatic rings. The van der Waals surface area contributed by atoms with Gasteiger partial charge >= 0.3 is 0 Å². The van der Waals surface area contributed by atoms with Crippen LogP contribution in [0.2, 0.25) is 0 Å². The standard InChI is InChI=1S/C15H18ClNO/c16-14(12-13-8-4-3-5-9-13)15(18)17-10-6-1-2-7-11-17/h3-5,8-9,12H,1-2,6-7,10-11H2. The third-order valence-corrected chi connectivity index (χ3v) is 3.46. The number of halogens is 1. The van der Waals surface area contributed by atoms with Crippen molar-refractivity contribution in [2.45, 2.75) is 25.7 Å². The number of rotatable bonds is 2. The van der Waals surface area contributed by atoms with E-state index in [0.29, 0.717) is 5.03 Å². The molecular formula is C15H18ClNO. The van der Waals surface area contributed by atoms with Crippen LogP contribution in [0.5, 0.6) is 0 Å². The van der Waals surface area contributed by atoms with Gasteiger partial charge in [-0.2, -0.15) is 0 Å². The number of nitrogens with zero attached hydrogens (tertiary/aromatic N) is 1. The monoisotopic (exact) mass is 263 g/mol. The predicted octanol–water partition coefficient (Wildman–Crippen LogP) is 3.67. The van der Waals surface area contributed by atoms with Crippen molar-refractivity contribution in [1.29, 1.82) is 0 Å². The number of carbonyl (C=O) groups is 1. The van der Waals surface area contributed by atoms with Gasteiger partial charge in [0.2, 0.25) is 0 Å². The zero-order valence-corrected chi connectivity index (χ0v) is 11.2. The first-order chi connectivity index (χ1) is 8.77. The van der Waals surface area contributed by atoms with Gasteiger partial charge in [-0.15, -0.1) is 0 Å². The summed E-state index contributed by atoms with van der Waals surface area (Å²) in [4.78, 5) is 14.1. The van der Waals surface area contributed by atoms with Crippen LogP contribution >= 0.6 is 11.6 Å². The summed E-state index contributed by atoms with van der Waals surface area (Å²) >= 11 is 6.12. The Morgan fingerprint density at radius 1 is 1.06 bits per heavy atom. The van der Waals surface area contributed by atoms with E-state index in [1.54, 1.807) is 6.08 Å². The summed E-state index contributed by atoms with van der Waals surface area (Å²) in [5, 5.41) is 0.308. The Morgan fingerprint density at radius 3 is 2.28 bits per heavy atom. The van der Waals surface area contributed by atoms with Crippen LogP contribution in [0.25, 0.3) is 6.08 Å². The SMILES string of the molecule is O=C(C(Cl)=Cc1ccccc1)N1CCCCCC1. The molecule has 2 rings (SSSR count).